The Kier molecular flexibility index (Phi) is 12.0. The zero-order valence-electron chi connectivity index (χ0n) is 25.1. The van der Waals surface area contributed by atoms with Crippen molar-refractivity contribution in [3.8, 4) is 0 Å². The molecule has 0 aromatic heterocycles. The summed E-state index contributed by atoms with van der Waals surface area (Å²) in [7, 11) is -3.63. The van der Waals surface area contributed by atoms with Crippen LogP contribution >= 0.6 is 11.6 Å². The quantitative estimate of drug-likeness (QED) is 0.240. The van der Waals surface area contributed by atoms with Gasteiger partial charge in [-0.1, -0.05) is 79.2 Å². The number of nitrogens with zero attached hydrogens (tertiary/aromatic N) is 2. The molecular formula is C33H42ClN3O4S. The average Bonchev–Trinajstić information content (AvgIpc) is 2.95. The van der Waals surface area contributed by atoms with Crippen molar-refractivity contribution in [3.05, 3.63) is 100 Å². The van der Waals surface area contributed by atoms with Gasteiger partial charge in [0.25, 0.3) is 0 Å². The Labute approximate surface area is 255 Å². The molecule has 226 valence electrons. The van der Waals surface area contributed by atoms with Crippen LogP contribution in [0.4, 0.5) is 5.69 Å². The van der Waals surface area contributed by atoms with Gasteiger partial charge in [-0.05, 0) is 68.0 Å². The number of aryl methyl sites for hydroxylation is 2. The van der Waals surface area contributed by atoms with E-state index >= 15 is 0 Å². The Balaban J connectivity index is 1.92. The SMILES string of the molecule is CC[C@@H](C)NC(=O)[C@H](Cc1ccccc1)N(Cc1ccccc1C)C(=O)CCCN(c1cc(Cl)ccc1C)S(C)(=O)=O. The van der Waals surface area contributed by atoms with Gasteiger partial charge in [0.15, 0.2) is 0 Å². The molecule has 3 aromatic rings. The van der Waals surface area contributed by atoms with Gasteiger partial charge in [-0.25, -0.2) is 8.42 Å². The van der Waals surface area contributed by atoms with Crippen LogP contribution in [-0.2, 0) is 32.6 Å². The lowest BCUT2D eigenvalue weighted by atomic mass is 10.0. The van der Waals surface area contributed by atoms with Gasteiger partial charge in [0.05, 0.1) is 11.9 Å². The standard InChI is InChI=1S/C33H42ClN3O4S/c1-6-26(4)35-33(39)31(21-27-14-8-7-9-15-27)36(23-28-16-11-10-13-24(28)2)32(38)17-12-20-37(42(5,40)41)30-22-29(34)19-18-25(30)3/h7-11,13-16,18-19,22,26,31H,6,12,17,20-21,23H2,1-5H3,(H,35,39)/t26-,31+/m1/s1. The van der Waals surface area contributed by atoms with Gasteiger partial charge < -0.3 is 10.2 Å². The first-order valence-corrected chi connectivity index (χ1v) is 16.6. The first kappa shape index (κ1) is 33.1. The third-order valence-electron chi connectivity index (χ3n) is 7.47. The first-order valence-electron chi connectivity index (χ1n) is 14.3. The van der Waals surface area contributed by atoms with Crippen LogP contribution in [0.15, 0.2) is 72.8 Å². The van der Waals surface area contributed by atoms with E-state index in [0.29, 0.717) is 17.1 Å². The average molecular weight is 612 g/mol. The fourth-order valence-corrected chi connectivity index (χ4v) is 5.98. The van der Waals surface area contributed by atoms with Crippen molar-refractivity contribution in [3.63, 3.8) is 0 Å². The molecule has 2 atom stereocenters. The molecule has 42 heavy (non-hydrogen) atoms. The van der Waals surface area contributed by atoms with E-state index in [-0.39, 0.29) is 43.8 Å². The van der Waals surface area contributed by atoms with Crippen LogP contribution in [0.25, 0.3) is 0 Å². The Bertz CT molecular complexity index is 1460. The number of halogens is 1. The van der Waals surface area contributed by atoms with Gasteiger partial charge in [-0.2, -0.15) is 0 Å². The van der Waals surface area contributed by atoms with E-state index in [9.17, 15) is 18.0 Å². The molecule has 9 heteroatoms. The van der Waals surface area contributed by atoms with Crippen molar-refractivity contribution in [2.24, 2.45) is 0 Å². The number of nitrogens with one attached hydrogen (secondary N) is 1. The molecule has 0 aliphatic carbocycles. The van der Waals surface area contributed by atoms with Crippen molar-refractivity contribution in [1.29, 1.82) is 0 Å². The highest BCUT2D eigenvalue weighted by Gasteiger charge is 2.31. The lowest BCUT2D eigenvalue weighted by Crippen LogP contribution is -2.52. The zero-order chi connectivity index (χ0) is 30.9. The number of anilines is 1. The van der Waals surface area contributed by atoms with E-state index in [2.05, 4.69) is 5.32 Å². The van der Waals surface area contributed by atoms with Crippen molar-refractivity contribution >= 4 is 39.1 Å². The second kappa shape index (κ2) is 15.2. The summed E-state index contributed by atoms with van der Waals surface area (Å²) in [5.41, 5.74) is 4.18. The maximum absolute atomic E-state index is 14.0. The monoisotopic (exact) mass is 611 g/mol. The Morgan fingerprint density at radius 3 is 2.26 bits per heavy atom. The van der Waals surface area contributed by atoms with E-state index in [0.717, 1.165) is 34.9 Å². The molecule has 1 N–H and O–H groups in total. The third-order valence-corrected chi connectivity index (χ3v) is 8.88. The van der Waals surface area contributed by atoms with Gasteiger partial charge >= 0.3 is 0 Å². The normalized spacial score (nSPS) is 12.8. The molecule has 0 heterocycles. The highest BCUT2D eigenvalue weighted by atomic mass is 35.5. The number of carbonyl (C=O) groups is 2. The molecule has 0 saturated heterocycles. The summed E-state index contributed by atoms with van der Waals surface area (Å²) in [5, 5.41) is 3.51. The Morgan fingerprint density at radius 2 is 1.62 bits per heavy atom. The summed E-state index contributed by atoms with van der Waals surface area (Å²) in [5.74, 6) is -0.419. The minimum atomic E-state index is -3.63. The molecule has 2 amide bonds. The van der Waals surface area contributed by atoms with Gasteiger partial charge in [-0.15, -0.1) is 0 Å². The van der Waals surface area contributed by atoms with Gasteiger partial charge in [0.1, 0.15) is 6.04 Å². The number of hydrogen-bond donors (Lipinski definition) is 1. The summed E-state index contributed by atoms with van der Waals surface area (Å²) in [4.78, 5) is 29.4. The van der Waals surface area contributed by atoms with Crippen LogP contribution in [0.5, 0.6) is 0 Å². The van der Waals surface area contributed by atoms with E-state index < -0.39 is 16.1 Å². The van der Waals surface area contributed by atoms with E-state index in [1.165, 1.54) is 4.31 Å². The Morgan fingerprint density at radius 1 is 0.952 bits per heavy atom. The molecule has 0 bridgehead atoms. The minimum absolute atomic E-state index is 0.0459. The molecule has 0 fully saturated rings. The molecule has 3 aromatic carbocycles. The molecule has 0 aliphatic rings. The molecule has 0 aliphatic heterocycles. The van der Waals surface area contributed by atoms with Crippen LogP contribution in [0.2, 0.25) is 5.02 Å². The largest absolute Gasteiger partial charge is 0.352 e. The van der Waals surface area contributed by atoms with Gasteiger partial charge in [0.2, 0.25) is 21.8 Å². The van der Waals surface area contributed by atoms with E-state index in [4.69, 9.17) is 11.6 Å². The predicted molar refractivity (Wildman–Crippen MR) is 171 cm³/mol. The van der Waals surface area contributed by atoms with E-state index in [1.807, 2.05) is 82.3 Å². The van der Waals surface area contributed by atoms with Crippen LogP contribution in [0.1, 0.15) is 55.4 Å². The lowest BCUT2D eigenvalue weighted by molar-refractivity contribution is -0.141. The molecular weight excluding hydrogens is 570 g/mol. The highest BCUT2D eigenvalue weighted by molar-refractivity contribution is 7.92. The summed E-state index contributed by atoms with van der Waals surface area (Å²) in [6.07, 6.45) is 2.61. The predicted octanol–water partition coefficient (Wildman–Crippen LogP) is 6.06. The van der Waals surface area contributed by atoms with Crippen LogP contribution < -0.4 is 9.62 Å². The topological polar surface area (TPSA) is 86.8 Å². The number of rotatable bonds is 14. The summed E-state index contributed by atoms with van der Waals surface area (Å²) >= 11 is 6.18. The van der Waals surface area contributed by atoms with Crippen molar-refractivity contribution in [2.45, 2.75) is 72.0 Å². The van der Waals surface area contributed by atoms with Gasteiger partial charge in [-0.3, -0.25) is 13.9 Å². The highest BCUT2D eigenvalue weighted by Crippen LogP contribution is 2.27. The molecule has 0 radical (unpaired) electrons. The number of carbonyl (C=O) groups excluding carboxylic acids is 2. The lowest BCUT2D eigenvalue weighted by Gasteiger charge is -2.33. The number of hydrogen-bond acceptors (Lipinski definition) is 4. The van der Waals surface area contributed by atoms with Crippen LogP contribution in [-0.4, -0.2) is 50.0 Å². The number of sulfonamides is 1. The molecule has 7 nitrogen and oxygen atoms in total. The van der Waals surface area contributed by atoms with Crippen LogP contribution in [0, 0.1) is 13.8 Å². The number of benzene rings is 3. The smallest absolute Gasteiger partial charge is 0.243 e. The molecule has 0 spiro atoms. The van der Waals surface area contributed by atoms with Crippen molar-refractivity contribution < 1.29 is 18.0 Å². The molecule has 3 rings (SSSR count). The van der Waals surface area contributed by atoms with E-state index in [1.54, 1.807) is 23.1 Å². The van der Waals surface area contributed by atoms with Crippen molar-refractivity contribution in [2.75, 3.05) is 17.1 Å². The van der Waals surface area contributed by atoms with Crippen molar-refractivity contribution in [1.82, 2.24) is 10.2 Å². The van der Waals surface area contributed by atoms with Gasteiger partial charge in [0, 0.05) is 37.0 Å². The minimum Gasteiger partial charge on any atom is -0.352 e. The maximum atomic E-state index is 14.0. The third kappa shape index (κ3) is 9.33. The number of amides is 2. The first-order chi connectivity index (χ1) is 19.9. The maximum Gasteiger partial charge on any atom is 0.243 e. The molecule has 0 unspecified atom stereocenters. The summed E-state index contributed by atoms with van der Waals surface area (Å²) < 4.78 is 26.8. The second-order valence-corrected chi connectivity index (χ2v) is 13.2. The zero-order valence-corrected chi connectivity index (χ0v) is 26.7. The fourth-order valence-electron chi connectivity index (χ4n) is 4.80. The summed E-state index contributed by atoms with van der Waals surface area (Å²) in [6, 6.07) is 21.8. The Hall–Kier alpha value is -3.36. The molecule has 0 saturated carbocycles. The second-order valence-electron chi connectivity index (χ2n) is 10.8. The van der Waals surface area contributed by atoms with Crippen LogP contribution in [0.3, 0.4) is 0 Å². The fraction of sp³-hybridized carbons (Fsp3) is 0.394. The summed E-state index contributed by atoms with van der Waals surface area (Å²) in [6.45, 7) is 8.13.